The van der Waals surface area contributed by atoms with Crippen molar-refractivity contribution in [3.63, 3.8) is 0 Å². The number of hydrogen-bond donors (Lipinski definition) is 3. The fourth-order valence-electron chi connectivity index (χ4n) is 1.93. The largest absolute Gasteiger partial charge is 0.444 e. The zero-order valence-corrected chi connectivity index (χ0v) is 14.9. The number of urea groups is 1. The van der Waals surface area contributed by atoms with E-state index in [1.165, 1.54) is 0 Å². The number of carbonyl (C=O) groups is 2. The van der Waals surface area contributed by atoms with Crippen molar-refractivity contribution in [3.8, 4) is 0 Å². The van der Waals surface area contributed by atoms with Gasteiger partial charge in [-0.05, 0) is 45.4 Å². The van der Waals surface area contributed by atoms with E-state index in [0.717, 1.165) is 5.56 Å². The SMILES string of the molecule is COC[C@H](C)NC(=O)Nc1cccc(CNC(=O)OC(C)(C)C)c1. The standard InChI is InChI=1S/C17H27N3O4/c1-12(11-23-5)19-15(21)20-14-8-6-7-13(9-14)10-18-16(22)24-17(2,3)4/h6-9,12H,10-11H2,1-5H3,(H,18,22)(H2,19,20,21)/t12-/m0/s1. The molecule has 24 heavy (non-hydrogen) atoms. The van der Waals surface area contributed by atoms with Gasteiger partial charge in [0.05, 0.1) is 12.6 Å². The van der Waals surface area contributed by atoms with Crippen LogP contribution >= 0.6 is 0 Å². The molecule has 0 saturated carbocycles. The maximum absolute atomic E-state index is 11.9. The van der Waals surface area contributed by atoms with Crippen LogP contribution in [0.2, 0.25) is 0 Å². The second-order valence-corrected chi connectivity index (χ2v) is 6.51. The Hall–Kier alpha value is -2.28. The lowest BCUT2D eigenvalue weighted by Crippen LogP contribution is -2.38. The Morgan fingerprint density at radius 1 is 1.25 bits per heavy atom. The van der Waals surface area contributed by atoms with E-state index in [1.807, 2.05) is 13.0 Å². The molecule has 1 atom stereocenters. The van der Waals surface area contributed by atoms with Crippen molar-refractivity contribution in [2.75, 3.05) is 19.0 Å². The van der Waals surface area contributed by atoms with Crippen LogP contribution in [0, 0.1) is 0 Å². The van der Waals surface area contributed by atoms with Crippen molar-refractivity contribution in [2.24, 2.45) is 0 Å². The topological polar surface area (TPSA) is 88.7 Å². The first kappa shape index (κ1) is 19.8. The second-order valence-electron chi connectivity index (χ2n) is 6.51. The third-order valence-corrected chi connectivity index (χ3v) is 2.81. The van der Waals surface area contributed by atoms with Crippen LogP contribution in [0.5, 0.6) is 0 Å². The Balaban J connectivity index is 2.51. The Labute approximate surface area is 143 Å². The van der Waals surface area contributed by atoms with Gasteiger partial charge < -0.3 is 25.4 Å². The summed E-state index contributed by atoms with van der Waals surface area (Å²) in [5.74, 6) is 0. The highest BCUT2D eigenvalue weighted by atomic mass is 16.6. The Kier molecular flexibility index (Phi) is 7.51. The molecular weight excluding hydrogens is 310 g/mol. The molecule has 1 aromatic carbocycles. The maximum atomic E-state index is 11.9. The molecule has 7 heteroatoms. The number of benzene rings is 1. The molecule has 0 aromatic heterocycles. The summed E-state index contributed by atoms with van der Waals surface area (Å²) in [5, 5.41) is 8.19. The summed E-state index contributed by atoms with van der Waals surface area (Å²) in [5.41, 5.74) is 0.953. The first-order valence-electron chi connectivity index (χ1n) is 7.82. The minimum absolute atomic E-state index is 0.0907. The molecule has 1 aromatic rings. The van der Waals surface area contributed by atoms with Gasteiger partial charge in [0.1, 0.15) is 5.60 Å². The van der Waals surface area contributed by atoms with Gasteiger partial charge in [-0.1, -0.05) is 12.1 Å². The molecule has 7 nitrogen and oxygen atoms in total. The fourth-order valence-corrected chi connectivity index (χ4v) is 1.93. The number of methoxy groups -OCH3 is 1. The molecule has 0 fully saturated rings. The molecule has 3 amide bonds. The van der Waals surface area contributed by atoms with Gasteiger partial charge in [0.2, 0.25) is 0 Å². The summed E-state index contributed by atoms with van der Waals surface area (Å²) in [6.45, 7) is 8.02. The van der Waals surface area contributed by atoms with E-state index in [9.17, 15) is 9.59 Å². The van der Waals surface area contributed by atoms with Crippen molar-refractivity contribution >= 4 is 17.8 Å². The van der Waals surface area contributed by atoms with Crippen LogP contribution in [-0.4, -0.2) is 37.5 Å². The number of rotatable bonds is 6. The normalized spacial score (nSPS) is 12.2. The van der Waals surface area contributed by atoms with E-state index in [1.54, 1.807) is 46.1 Å². The van der Waals surface area contributed by atoms with Crippen molar-refractivity contribution in [2.45, 2.75) is 45.9 Å². The lowest BCUT2D eigenvalue weighted by Gasteiger charge is -2.19. The number of hydrogen-bond acceptors (Lipinski definition) is 4. The number of ether oxygens (including phenoxy) is 2. The Bertz CT molecular complexity index is 555. The van der Waals surface area contributed by atoms with E-state index in [0.29, 0.717) is 18.8 Å². The number of nitrogens with one attached hydrogen (secondary N) is 3. The highest BCUT2D eigenvalue weighted by Crippen LogP contribution is 2.11. The van der Waals surface area contributed by atoms with Gasteiger partial charge in [0.25, 0.3) is 0 Å². The summed E-state index contributed by atoms with van der Waals surface area (Å²) in [6.07, 6.45) is -0.480. The molecule has 3 N–H and O–H groups in total. The summed E-state index contributed by atoms with van der Waals surface area (Å²) < 4.78 is 10.1. The minimum Gasteiger partial charge on any atom is -0.444 e. The molecular formula is C17H27N3O4. The summed E-state index contributed by atoms with van der Waals surface area (Å²) in [4.78, 5) is 23.5. The number of anilines is 1. The van der Waals surface area contributed by atoms with Crippen molar-refractivity contribution in [1.29, 1.82) is 0 Å². The third kappa shape index (κ3) is 8.38. The number of carbonyl (C=O) groups excluding carboxylic acids is 2. The zero-order valence-electron chi connectivity index (χ0n) is 14.9. The molecule has 1 rings (SSSR count). The fraction of sp³-hybridized carbons (Fsp3) is 0.529. The average molecular weight is 337 g/mol. The monoisotopic (exact) mass is 337 g/mol. The smallest absolute Gasteiger partial charge is 0.407 e. The molecule has 0 unspecified atom stereocenters. The molecule has 0 saturated heterocycles. The quantitative estimate of drug-likeness (QED) is 0.745. The summed E-state index contributed by atoms with van der Waals surface area (Å²) >= 11 is 0. The van der Waals surface area contributed by atoms with Crippen LogP contribution in [0.15, 0.2) is 24.3 Å². The van der Waals surface area contributed by atoms with Crippen LogP contribution in [-0.2, 0) is 16.0 Å². The van der Waals surface area contributed by atoms with Gasteiger partial charge in [0.15, 0.2) is 0 Å². The van der Waals surface area contributed by atoms with Gasteiger partial charge >= 0.3 is 12.1 Å². The number of alkyl carbamates (subject to hydrolysis) is 1. The van der Waals surface area contributed by atoms with Crippen LogP contribution in [0.4, 0.5) is 15.3 Å². The van der Waals surface area contributed by atoms with Gasteiger partial charge in [-0.25, -0.2) is 9.59 Å². The molecule has 0 radical (unpaired) electrons. The summed E-state index contributed by atoms with van der Waals surface area (Å²) in [7, 11) is 1.58. The Morgan fingerprint density at radius 3 is 2.58 bits per heavy atom. The second kappa shape index (κ2) is 9.12. The van der Waals surface area contributed by atoms with E-state index in [2.05, 4.69) is 16.0 Å². The molecule has 134 valence electrons. The zero-order chi connectivity index (χ0) is 18.2. The van der Waals surface area contributed by atoms with Crippen molar-refractivity contribution in [3.05, 3.63) is 29.8 Å². The molecule has 0 aliphatic heterocycles. The molecule has 0 spiro atoms. The van der Waals surface area contributed by atoms with Crippen LogP contribution in [0.1, 0.15) is 33.3 Å². The van der Waals surface area contributed by atoms with E-state index < -0.39 is 11.7 Å². The molecule has 0 aliphatic carbocycles. The molecule has 0 aliphatic rings. The average Bonchev–Trinajstić information content (AvgIpc) is 2.43. The first-order chi connectivity index (χ1) is 11.2. The third-order valence-electron chi connectivity index (χ3n) is 2.81. The van der Waals surface area contributed by atoms with Gasteiger partial charge in [-0.2, -0.15) is 0 Å². The van der Waals surface area contributed by atoms with Crippen molar-refractivity contribution < 1.29 is 19.1 Å². The maximum Gasteiger partial charge on any atom is 0.407 e. The molecule has 0 bridgehead atoms. The van der Waals surface area contributed by atoms with Crippen molar-refractivity contribution in [1.82, 2.24) is 10.6 Å². The highest BCUT2D eigenvalue weighted by Gasteiger charge is 2.15. The predicted octanol–water partition coefficient (Wildman–Crippen LogP) is 2.87. The van der Waals surface area contributed by atoms with Crippen LogP contribution < -0.4 is 16.0 Å². The lowest BCUT2D eigenvalue weighted by molar-refractivity contribution is 0.0523. The van der Waals surface area contributed by atoms with Crippen LogP contribution in [0.25, 0.3) is 0 Å². The van der Waals surface area contributed by atoms with Crippen LogP contribution in [0.3, 0.4) is 0 Å². The highest BCUT2D eigenvalue weighted by molar-refractivity contribution is 5.89. The summed E-state index contributed by atoms with van der Waals surface area (Å²) in [6, 6.07) is 6.83. The molecule has 0 heterocycles. The van der Waals surface area contributed by atoms with E-state index >= 15 is 0 Å². The van der Waals surface area contributed by atoms with Gasteiger partial charge in [-0.3, -0.25) is 0 Å². The number of amides is 3. The van der Waals surface area contributed by atoms with Gasteiger partial charge in [-0.15, -0.1) is 0 Å². The van der Waals surface area contributed by atoms with Gasteiger partial charge in [0, 0.05) is 19.3 Å². The predicted molar refractivity (Wildman–Crippen MR) is 93.0 cm³/mol. The first-order valence-corrected chi connectivity index (χ1v) is 7.82. The van der Waals surface area contributed by atoms with E-state index in [-0.39, 0.29) is 12.1 Å². The van der Waals surface area contributed by atoms with E-state index in [4.69, 9.17) is 9.47 Å². The minimum atomic E-state index is -0.537. The Morgan fingerprint density at radius 2 is 1.96 bits per heavy atom. The lowest BCUT2D eigenvalue weighted by atomic mass is 10.2.